The molecule has 2 amide bonds. The number of carbonyl (C=O) groups excluding carboxylic acids is 3. The molecule has 4 N–H and O–H groups in total. The van der Waals surface area contributed by atoms with Gasteiger partial charge in [0.15, 0.2) is 6.04 Å². The number of ether oxygens (including phenoxy) is 1. The highest BCUT2D eigenvalue weighted by Crippen LogP contribution is 2.25. The molecule has 1 aromatic carbocycles. The number of benzene rings is 1. The van der Waals surface area contributed by atoms with Crippen molar-refractivity contribution in [2.24, 2.45) is 11.8 Å². The Morgan fingerprint density at radius 2 is 1.72 bits per heavy atom. The molecule has 2 rings (SSSR count). The molecule has 0 unspecified atom stereocenters. The van der Waals surface area contributed by atoms with E-state index in [0.29, 0.717) is 5.56 Å². The number of aliphatic hydroxyl groups is 1. The standard InChI is InChI=1S/C21H30N2O6/c1-13(2)12-16(18(24)20(26)23-28)19(25)22-17(14-8-4-3-5-9-14)21(27)29-15-10-6-7-11-15/h3-5,8-9,13,15-18,24,28H,6-7,10-12H2,1-2H3,(H,22,25)(H,23,26)/t16-,17+,18+/m1/s1. The van der Waals surface area contributed by atoms with Crippen molar-refractivity contribution in [1.29, 1.82) is 0 Å². The number of hydroxylamine groups is 1. The third-order valence-corrected chi connectivity index (χ3v) is 5.06. The molecule has 8 nitrogen and oxygen atoms in total. The zero-order valence-corrected chi connectivity index (χ0v) is 16.8. The average Bonchev–Trinajstić information content (AvgIpc) is 3.22. The van der Waals surface area contributed by atoms with Gasteiger partial charge in [-0.05, 0) is 43.6 Å². The van der Waals surface area contributed by atoms with Crippen LogP contribution in [0.2, 0.25) is 0 Å². The zero-order chi connectivity index (χ0) is 21.4. The molecule has 3 atom stereocenters. The van der Waals surface area contributed by atoms with Crippen LogP contribution in [0.3, 0.4) is 0 Å². The van der Waals surface area contributed by atoms with Crippen LogP contribution < -0.4 is 10.8 Å². The van der Waals surface area contributed by atoms with E-state index in [1.165, 1.54) is 5.48 Å². The fraction of sp³-hybridized carbons (Fsp3) is 0.571. The lowest BCUT2D eigenvalue weighted by Gasteiger charge is -2.26. The normalized spacial score (nSPS) is 17.4. The SMILES string of the molecule is CC(C)C[C@@H](C(=O)N[C@H](C(=O)OC1CCCC1)c1ccccc1)[C@H](O)C(=O)NO. The van der Waals surface area contributed by atoms with Crippen molar-refractivity contribution in [3.05, 3.63) is 35.9 Å². The summed E-state index contributed by atoms with van der Waals surface area (Å²) in [6, 6.07) is 7.64. The van der Waals surface area contributed by atoms with Gasteiger partial charge in [-0.15, -0.1) is 0 Å². The second kappa shape index (κ2) is 10.9. The van der Waals surface area contributed by atoms with Crippen molar-refractivity contribution in [2.45, 2.75) is 64.2 Å². The van der Waals surface area contributed by atoms with Gasteiger partial charge in [-0.25, -0.2) is 10.3 Å². The van der Waals surface area contributed by atoms with Crippen LogP contribution in [0, 0.1) is 11.8 Å². The number of nitrogens with one attached hydrogen (secondary N) is 2. The van der Waals surface area contributed by atoms with Gasteiger partial charge in [-0.1, -0.05) is 44.2 Å². The lowest BCUT2D eigenvalue weighted by atomic mass is 9.90. The highest BCUT2D eigenvalue weighted by atomic mass is 16.5. The van der Waals surface area contributed by atoms with Gasteiger partial charge in [-0.2, -0.15) is 0 Å². The van der Waals surface area contributed by atoms with Gasteiger partial charge in [0.05, 0.1) is 5.92 Å². The van der Waals surface area contributed by atoms with E-state index in [1.807, 2.05) is 13.8 Å². The fourth-order valence-corrected chi connectivity index (χ4v) is 3.55. The topological polar surface area (TPSA) is 125 Å². The van der Waals surface area contributed by atoms with Crippen LogP contribution in [0.25, 0.3) is 0 Å². The van der Waals surface area contributed by atoms with E-state index in [9.17, 15) is 19.5 Å². The van der Waals surface area contributed by atoms with E-state index >= 15 is 0 Å². The summed E-state index contributed by atoms with van der Waals surface area (Å²) in [5, 5.41) is 21.6. The van der Waals surface area contributed by atoms with Gasteiger partial charge in [0, 0.05) is 0 Å². The maximum Gasteiger partial charge on any atom is 0.333 e. The molecule has 0 saturated heterocycles. The summed E-state index contributed by atoms with van der Waals surface area (Å²) >= 11 is 0. The number of hydrogen-bond acceptors (Lipinski definition) is 6. The molecule has 0 spiro atoms. The average molecular weight is 406 g/mol. The summed E-state index contributed by atoms with van der Waals surface area (Å²) in [6.07, 6.45) is 1.88. The molecule has 1 saturated carbocycles. The van der Waals surface area contributed by atoms with Gasteiger partial charge >= 0.3 is 5.97 Å². The molecular formula is C21H30N2O6. The molecule has 29 heavy (non-hydrogen) atoms. The van der Waals surface area contributed by atoms with Crippen molar-refractivity contribution in [3.8, 4) is 0 Å². The van der Waals surface area contributed by atoms with E-state index < -0.39 is 35.8 Å². The van der Waals surface area contributed by atoms with Gasteiger partial charge in [0.25, 0.3) is 5.91 Å². The minimum absolute atomic E-state index is 0.00694. The summed E-state index contributed by atoms with van der Waals surface area (Å²) < 4.78 is 5.58. The zero-order valence-electron chi connectivity index (χ0n) is 16.8. The van der Waals surface area contributed by atoms with Crippen LogP contribution in [0.15, 0.2) is 30.3 Å². The highest BCUT2D eigenvalue weighted by Gasteiger charge is 2.36. The maximum absolute atomic E-state index is 12.9. The van der Waals surface area contributed by atoms with Crippen LogP contribution in [0.1, 0.15) is 57.6 Å². The fourth-order valence-electron chi connectivity index (χ4n) is 3.55. The Morgan fingerprint density at radius 1 is 1.10 bits per heavy atom. The Hall–Kier alpha value is -2.45. The van der Waals surface area contributed by atoms with Crippen molar-refractivity contribution in [3.63, 3.8) is 0 Å². The van der Waals surface area contributed by atoms with Crippen molar-refractivity contribution in [2.75, 3.05) is 0 Å². The van der Waals surface area contributed by atoms with Crippen LogP contribution in [-0.4, -0.2) is 40.3 Å². The van der Waals surface area contributed by atoms with E-state index in [0.717, 1.165) is 25.7 Å². The molecule has 1 aliphatic carbocycles. The minimum atomic E-state index is -1.75. The van der Waals surface area contributed by atoms with Crippen molar-refractivity contribution >= 4 is 17.8 Å². The Morgan fingerprint density at radius 3 is 2.28 bits per heavy atom. The molecule has 160 valence electrons. The van der Waals surface area contributed by atoms with Crippen LogP contribution >= 0.6 is 0 Å². The molecule has 1 aliphatic rings. The molecule has 0 bridgehead atoms. The molecule has 0 heterocycles. The molecule has 0 aliphatic heterocycles. The molecule has 1 fully saturated rings. The first kappa shape index (κ1) is 22.8. The molecule has 0 aromatic heterocycles. The predicted octanol–water partition coefficient (Wildman–Crippen LogP) is 1.86. The van der Waals surface area contributed by atoms with Gasteiger partial charge in [0.2, 0.25) is 5.91 Å². The lowest BCUT2D eigenvalue weighted by Crippen LogP contribution is -2.47. The Labute approximate surface area is 170 Å². The smallest absolute Gasteiger partial charge is 0.333 e. The first-order valence-electron chi connectivity index (χ1n) is 10.0. The lowest BCUT2D eigenvalue weighted by molar-refractivity contribution is -0.154. The van der Waals surface area contributed by atoms with E-state index in [2.05, 4.69) is 5.32 Å². The number of amides is 2. The minimum Gasteiger partial charge on any atom is -0.461 e. The second-order valence-electron chi connectivity index (χ2n) is 7.85. The van der Waals surface area contributed by atoms with Crippen molar-refractivity contribution in [1.82, 2.24) is 10.8 Å². The molecule has 8 heteroatoms. The largest absolute Gasteiger partial charge is 0.461 e. The van der Waals surface area contributed by atoms with Gasteiger partial charge in [0.1, 0.15) is 12.2 Å². The number of aliphatic hydroxyl groups excluding tert-OH is 1. The number of rotatable bonds is 9. The third-order valence-electron chi connectivity index (χ3n) is 5.06. The van der Waals surface area contributed by atoms with E-state index in [1.54, 1.807) is 30.3 Å². The summed E-state index contributed by atoms with van der Waals surface area (Å²) in [4.78, 5) is 37.4. The predicted molar refractivity (Wildman–Crippen MR) is 105 cm³/mol. The number of hydrogen-bond donors (Lipinski definition) is 4. The summed E-state index contributed by atoms with van der Waals surface area (Å²) in [5.74, 6) is -3.44. The van der Waals surface area contributed by atoms with Crippen LogP contribution in [0.4, 0.5) is 0 Å². The first-order valence-corrected chi connectivity index (χ1v) is 10.0. The van der Waals surface area contributed by atoms with E-state index in [-0.39, 0.29) is 18.4 Å². The summed E-state index contributed by atoms with van der Waals surface area (Å²) in [7, 11) is 0. The van der Waals surface area contributed by atoms with Gasteiger partial charge in [-0.3, -0.25) is 14.8 Å². The summed E-state index contributed by atoms with van der Waals surface area (Å²) in [6.45, 7) is 3.68. The summed E-state index contributed by atoms with van der Waals surface area (Å²) in [5.41, 5.74) is 1.92. The number of carbonyl (C=O) groups is 3. The third kappa shape index (κ3) is 6.54. The highest BCUT2D eigenvalue weighted by molar-refractivity contribution is 5.91. The second-order valence-corrected chi connectivity index (χ2v) is 7.85. The molecule has 0 radical (unpaired) electrons. The Balaban J connectivity index is 2.21. The monoisotopic (exact) mass is 406 g/mol. The van der Waals surface area contributed by atoms with Crippen molar-refractivity contribution < 1.29 is 29.4 Å². The van der Waals surface area contributed by atoms with E-state index in [4.69, 9.17) is 9.94 Å². The molecular weight excluding hydrogens is 376 g/mol. The number of esters is 1. The van der Waals surface area contributed by atoms with Crippen LogP contribution in [-0.2, 0) is 19.1 Å². The van der Waals surface area contributed by atoms with Gasteiger partial charge < -0.3 is 15.2 Å². The Kier molecular flexibility index (Phi) is 8.60. The Bertz CT molecular complexity index is 688. The maximum atomic E-state index is 12.9. The van der Waals surface area contributed by atoms with Crippen LogP contribution in [0.5, 0.6) is 0 Å². The molecule has 1 aromatic rings. The first-order chi connectivity index (χ1) is 13.8. The quantitative estimate of drug-likeness (QED) is 0.282.